The van der Waals surface area contributed by atoms with E-state index >= 15 is 0 Å². The number of nitrogens with zero attached hydrogens (tertiary/aromatic N) is 3. The van der Waals surface area contributed by atoms with Gasteiger partial charge in [-0.05, 0) is 38.5 Å². The second-order valence-electron chi connectivity index (χ2n) is 6.46. The maximum absolute atomic E-state index is 13.0. The summed E-state index contributed by atoms with van der Waals surface area (Å²) in [5.74, 6) is -1.10. The van der Waals surface area contributed by atoms with E-state index in [4.69, 9.17) is 5.73 Å². The molecule has 3 aromatic rings. The summed E-state index contributed by atoms with van der Waals surface area (Å²) in [5, 5.41) is 7.45. The van der Waals surface area contributed by atoms with Gasteiger partial charge < -0.3 is 11.1 Å². The van der Waals surface area contributed by atoms with E-state index in [1.54, 1.807) is 11.6 Å². The molecule has 0 atom stereocenters. The standard InChI is InChI=1S/C18H19F2N5O2S/c1-8-6-11(16(19)20)22-18-13(8)14(15(28-18)17(21)27)23-12(26)4-5-25-10(3)7-9(2)24-25/h6-7,16H,4-5H2,1-3H3,(H2,21,27)(H,23,26). The fraction of sp³-hybridized carbons (Fsp3) is 0.333. The molecule has 0 saturated carbocycles. The Kier molecular flexibility index (Phi) is 5.41. The highest BCUT2D eigenvalue weighted by Crippen LogP contribution is 2.38. The minimum atomic E-state index is -2.74. The molecule has 28 heavy (non-hydrogen) atoms. The molecule has 10 heteroatoms. The first-order valence-corrected chi connectivity index (χ1v) is 9.32. The third kappa shape index (κ3) is 3.86. The number of alkyl halides is 2. The van der Waals surface area contributed by atoms with Gasteiger partial charge in [-0.2, -0.15) is 5.10 Å². The normalized spacial score (nSPS) is 11.4. The molecule has 0 aromatic carbocycles. The number of anilines is 1. The van der Waals surface area contributed by atoms with Crippen LogP contribution >= 0.6 is 11.3 Å². The van der Waals surface area contributed by atoms with E-state index in [9.17, 15) is 18.4 Å². The SMILES string of the molecule is Cc1cc(C)n(CCC(=O)Nc2c(C(N)=O)sc3nc(C(F)F)cc(C)c23)n1. The molecular formula is C18H19F2N5O2S. The van der Waals surface area contributed by atoms with Crippen LogP contribution in [0, 0.1) is 20.8 Å². The van der Waals surface area contributed by atoms with Gasteiger partial charge in [0.1, 0.15) is 15.4 Å². The van der Waals surface area contributed by atoms with Gasteiger partial charge in [0.2, 0.25) is 5.91 Å². The topological polar surface area (TPSA) is 103 Å². The average Bonchev–Trinajstić information content (AvgIpc) is 3.12. The average molecular weight is 407 g/mol. The number of carbonyl (C=O) groups is 2. The second kappa shape index (κ2) is 7.63. The van der Waals surface area contributed by atoms with Gasteiger partial charge in [0.15, 0.2) is 0 Å². The summed E-state index contributed by atoms with van der Waals surface area (Å²) in [6.45, 7) is 5.75. The van der Waals surface area contributed by atoms with E-state index in [1.807, 2.05) is 19.9 Å². The molecule has 7 nitrogen and oxygen atoms in total. The van der Waals surface area contributed by atoms with E-state index in [0.717, 1.165) is 22.7 Å². The number of halogens is 2. The Morgan fingerprint density at radius 3 is 2.57 bits per heavy atom. The Labute approximate surface area is 163 Å². The summed E-state index contributed by atoms with van der Waals surface area (Å²) in [7, 11) is 0. The van der Waals surface area contributed by atoms with Crippen molar-refractivity contribution in [3.8, 4) is 0 Å². The zero-order chi connectivity index (χ0) is 20.6. The van der Waals surface area contributed by atoms with Crippen molar-refractivity contribution >= 4 is 39.1 Å². The minimum absolute atomic E-state index is 0.0801. The van der Waals surface area contributed by atoms with Crippen LogP contribution in [-0.4, -0.2) is 26.6 Å². The third-order valence-corrected chi connectivity index (χ3v) is 5.34. The van der Waals surface area contributed by atoms with Crippen LogP contribution in [0.5, 0.6) is 0 Å². The molecule has 0 aliphatic heterocycles. The van der Waals surface area contributed by atoms with Gasteiger partial charge in [0.25, 0.3) is 12.3 Å². The van der Waals surface area contributed by atoms with Gasteiger partial charge in [-0.1, -0.05) is 0 Å². The zero-order valence-electron chi connectivity index (χ0n) is 15.5. The van der Waals surface area contributed by atoms with E-state index in [0.29, 0.717) is 17.5 Å². The van der Waals surface area contributed by atoms with E-state index in [1.165, 1.54) is 6.07 Å². The lowest BCUT2D eigenvalue weighted by molar-refractivity contribution is -0.116. The first-order valence-electron chi connectivity index (χ1n) is 8.50. The van der Waals surface area contributed by atoms with Gasteiger partial charge in [-0.25, -0.2) is 13.8 Å². The Morgan fingerprint density at radius 1 is 1.29 bits per heavy atom. The van der Waals surface area contributed by atoms with Crippen LogP contribution in [0.3, 0.4) is 0 Å². The monoisotopic (exact) mass is 407 g/mol. The fourth-order valence-corrected chi connectivity index (χ4v) is 4.09. The summed E-state index contributed by atoms with van der Waals surface area (Å²) in [6.07, 6.45) is -2.61. The maximum Gasteiger partial charge on any atom is 0.280 e. The first kappa shape index (κ1) is 19.9. The largest absolute Gasteiger partial charge is 0.365 e. The molecule has 0 saturated heterocycles. The Morgan fingerprint density at radius 2 is 2.00 bits per heavy atom. The van der Waals surface area contributed by atoms with Gasteiger partial charge in [0.05, 0.1) is 11.4 Å². The lowest BCUT2D eigenvalue weighted by Gasteiger charge is -2.09. The predicted molar refractivity (Wildman–Crippen MR) is 103 cm³/mol. The molecule has 0 bridgehead atoms. The fourth-order valence-electron chi connectivity index (χ4n) is 3.02. The summed E-state index contributed by atoms with van der Waals surface area (Å²) >= 11 is 0.889. The molecule has 3 N–H and O–H groups in total. The summed E-state index contributed by atoms with van der Waals surface area (Å²) < 4.78 is 27.8. The zero-order valence-corrected chi connectivity index (χ0v) is 16.4. The molecular weight excluding hydrogens is 388 g/mol. The lowest BCUT2D eigenvalue weighted by Crippen LogP contribution is -2.18. The van der Waals surface area contributed by atoms with Crippen LogP contribution in [0.4, 0.5) is 14.5 Å². The van der Waals surface area contributed by atoms with Crippen molar-refractivity contribution in [2.24, 2.45) is 5.73 Å². The Balaban J connectivity index is 1.90. The van der Waals surface area contributed by atoms with Crippen LogP contribution in [0.15, 0.2) is 12.1 Å². The number of carbonyl (C=O) groups excluding carboxylic acids is 2. The molecule has 0 spiro atoms. The molecule has 0 aliphatic carbocycles. The quantitative estimate of drug-likeness (QED) is 0.653. The Hall–Kier alpha value is -2.88. The van der Waals surface area contributed by atoms with E-state index in [-0.39, 0.29) is 33.4 Å². The van der Waals surface area contributed by atoms with Crippen LogP contribution in [0.1, 0.15) is 45.2 Å². The van der Waals surface area contributed by atoms with Crippen LogP contribution in [-0.2, 0) is 11.3 Å². The number of aromatic nitrogens is 3. The number of thiophene rings is 1. The highest BCUT2D eigenvalue weighted by Gasteiger charge is 2.23. The molecule has 2 amide bonds. The minimum Gasteiger partial charge on any atom is -0.365 e. The molecule has 0 aliphatic rings. The van der Waals surface area contributed by atoms with Crippen LogP contribution in [0.2, 0.25) is 0 Å². The van der Waals surface area contributed by atoms with E-state index < -0.39 is 12.3 Å². The van der Waals surface area contributed by atoms with Gasteiger partial charge in [0, 0.05) is 24.0 Å². The number of rotatable bonds is 6. The van der Waals surface area contributed by atoms with Crippen molar-refractivity contribution in [2.75, 3.05) is 5.32 Å². The number of primary amides is 1. The predicted octanol–water partition coefficient (Wildman–Crippen LogP) is 3.48. The number of nitrogens with two attached hydrogens (primary N) is 1. The van der Waals surface area contributed by atoms with Gasteiger partial charge >= 0.3 is 0 Å². The molecule has 0 fully saturated rings. The summed E-state index contributed by atoms with van der Waals surface area (Å²) in [4.78, 5) is 28.5. The number of hydrogen-bond donors (Lipinski definition) is 2. The lowest BCUT2D eigenvalue weighted by atomic mass is 10.1. The van der Waals surface area contributed by atoms with Gasteiger partial charge in [-0.15, -0.1) is 11.3 Å². The summed E-state index contributed by atoms with van der Waals surface area (Å²) in [6, 6.07) is 3.15. The van der Waals surface area contributed by atoms with Crippen LogP contribution < -0.4 is 11.1 Å². The molecule has 0 radical (unpaired) electrons. The Bertz CT molecular complexity index is 1070. The second-order valence-corrected chi connectivity index (χ2v) is 7.46. The first-order chi connectivity index (χ1) is 13.2. The maximum atomic E-state index is 13.0. The highest BCUT2D eigenvalue weighted by molar-refractivity contribution is 7.21. The van der Waals surface area contributed by atoms with Crippen molar-refractivity contribution in [3.63, 3.8) is 0 Å². The highest BCUT2D eigenvalue weighted by atomic mass is 32.1. The van der Waals surface area contributed by atoms with Crippen molar-refractivity contribution < 1.29 is 18.4 Å². The number of pyridine rings is 1. The number of fused-ring (bicyclic) bond motifs is 1. The van der Waals surface area contributed by atoms with Crippen molar-refractivity contribution in [1.82, 2.24) is 14.8 Å². The third-order valence-electron chi connectivity index (χ3n) is 4.24. The van der Waals surface area contributed by atoms with Crippen molar-refractivity contribution in [2.45, 2.75) is 40.2 Å². The number of amides is 2. The molecule has 3 rings (SSSR count). The van der Waals surface area contributed by atoms with Crippen LogP contribution in [0.25, 0.3) is 10.2 Å². The number of hydrogen-bond acceptors (Lipinski definition) is 5. The molecule has 0 unspecified atom stereocenters. The summed E-state index contributed by atoms with van der Waals surface area (Å²) in [5.41, 5.74) is 7.53. The van der Waals surface area contributed by atoms with Crippen molar-refractivity contribution in [3.05, 3.63) is 39.7 Å². The number of aryl methyl sites for hydroxylation is 4. The van der Waals surface area contributed by atoms with E-state index in [2.05, 4.69) is 15.4 Å². The van der Waals surface area contributed by atoms with Gasteiger partial charge in [-0.3, -0.25) is 14.3 Å². The molecule has 148 valence electrons. The molecule has 3 heterocycles. The molecule has 3 aromatic heterocycles. The van der Waals surface area contributed by atoms with Crippen molar-refractivity contribution in [1.29, 1.82) is 0 Å². The smallest absolute Gasteiger partial charge is 0.280 e. The number of nitrogens with one attached hydrogen (secondary N) is 1.